The Bertz CT molecular complexity index is 433. The number of rotatable bonds is 1. The average Bonchev–Trinajstić information content (AvgIpc) is 2.51. The summed E-state index contributed by atoms with van der Waals surface area (Å²) >= 11 is 0. The van der Waals surface area contributed by atoms with E-state index >= 15 is 0 Å². The maximum absolute atomic E-state index is 12.2. The summed E-state index contributed by atoms with van der Waals surface area (Å²) in [6.45, 7) is 7.06. The van der Waals surface area contributed by atoms with E-state index in [0.29, 0.717) is 17.8 Å². The first-order valence-electron chi connectivity index (χ1n) is 5.77. The van der Waals surface area contributed by atoms with Gasteiger partial charge in [-0.3, -0.25) is 9.59 Å². The van der Waals surface area contributed by atoms with E-state index in [0.717, 1.165) is 0 Å². The standard InChI is InChI=1S/C13H18O4/c1-7-9-8(6-12(2,3)10(7)14)11(15)13(4,16-5)17-9/h8H,6H2,1-5H3. The van der Waals surface area contributed by atoms with Crippen molar-refractivity contribution in [3.8, 4) is 0 Å². The first-order chi connectivity index (χ1) is 7.73. The number of fused-ring (bicyclic) bond motifs is 1. The molecule has 2 unspecified atom stereocenters. The molecule has 0 amide bonds. The second kappa shape index (κ2) is 3.42. The Morgan fingerprint density at radius 1 is 1.29 bits per heavy atom. The fourth-order valence-electron chi connectivity index (χ4n) is 2.65. The smallest absolute Gasteiger partial charge is 0.267 e. The van der Waals surface area contributed by atoms with Crippen LogP contribution in [-0.4, -0.2) is 24.5 Å². The summed E-state index contributed by atoms with van der Waals surface area (Å²) in [6, 6.07) is 0. The summed E-state index contributed by atoms with van der Waals surface area (Å²) in [7, 11) is 1.44. The van der Waals surface area contributed by atoms with Crippen molar-refractivity contribution in [3.05, 3.63) is 11.3 Å². The molecule has 17 heavy (non-hydrogen) atoms. The van der Waals surface area contributed by atoms with Crippen LogP contribution in [0.15, 0.2) is 11.3 Å². The Balaban J connectivity index is 2.50. The molecule has 0 saturated carbocycles. The van der Waals surface area contributed by atoms with Gasteiger partial charge in [0.25, 0.3) is 5.79 Å². The van der Waals surface area contributed by atoms with Crippen molar-refractivity contribution in [2.24, 2.45) is 11.3 Å². The molecule has 0 bridgehead atoms. The van der Waals surface area contributed by atoms with Crippen molar-refractivity contribution in [2.75, 3.05) is 7.11 Å². The number of ketones is 2. The molecule has 1 heterocycles. The number of hydrogen-bond acceptors (Lipinski definition) is 4. The van der Waals surface area contributed by atoms with Gasteiger partial charge in [-0.05, 0) is 13.3 Å². The number of hydrogen-bond donors (Lipinski definition) is 0. The molecule has 94 valence electrons. The molecule has 2 aliphatic rings. The predicted octanol–water partition coefficient (Wildman–Crippen LogP) is 1.84. The highest BCUT2D eigenvalue weighted by molar-refractivity contribution is 6.04. The van der Waals surface area contributed by atoms with Gasteiger partial charge in [0, 0.05) is 25.0 Å². The van der Waals surface area contributed by atoms with Gasteiger partial charge in [-0.2, -0.15) is 0 Å². The lowest BCUT2D eigenvalue weighted by atomic mass is 9.70. The molecule has 0 aromatic rings. The van der Waals surface area contributed by atoms with Crippen molar-refractivity contribution in [1.82, 2.24) is 0 Å². The van der Waals surface area contributed by atoms with E-state index in [1.165, 1.54) is 7.11 Å². The van der Waals surface area contributed by atoms with Gasteiger partial charge in [0.2, 0.25) is 5.78 Å². The maximum Gasteiger partial charge on any atom is 0.267 e. The summed E-state index contributed by atoms with van der Waals surface area (Å²) in [6.07, 6.45) is 0.496. The zero-order valence-electron chi connectivity index (χ0n) is 10.9. The highest BCUT2D eigenvalue weighted by atomic mass is 16.7. The first kappa shape index (κ1) is 12.3. The average molecular weight is 238 g/mol. The molecule has 2 atom stereocenters. The predicted molar refractivity (Wildman–Crippen MR) is 61.1 cm³/mol. The molecule has 0 aromatic carbocycles. The molecule has 4 heteroatoms. The van der Waals surface area contributed by atoms with Crippen molar-refractivity contribution in [3.63, 3.8) is 0 Å². The molecule has 0 N–H and O–H groups in total. The van der Waals surface area contributed by atoms with Gasteiger partial charge in [-0.1, -0.05) is 13.8 Å². The van der Waals surface area contributed by atoms with Crippen LogP contribution in [0.4, 0.5) is 0 Å². The van der Waals surface area contributed by atoms with E-state index in [1.807, 2.05) is 13.8 Å². The zero-order valence-corrected chi connectivity index (χ0v) is 10.9. The second-order valence-electron chi connectivity index (χ2n) is 5.58. The SMILES string of the molecule is COC1(C)OC2=C(C)C(=O)C(C)(C)CC2C1=O. The van der Waals surface area contributed by atoms with Crippen molar-refractivity contribution in [1.29, 1.82) is 0 Å². The van der Waals surface area contributed by atoms with E-state index in [4.69, 9.17) is 9.47 Å². The summed E-state index contributed by atoms with van der Waals surface area (Å²) in [4.78, 5) is 24.3. The highest BCUT2D eigenvalue weighted by Gasteiger charge is 2.56. The summed E-state index contributed by atoms with van der Waals surface area (Å²) < 4.78 is 10.7. The number of ether oxygens (including phenoxy) is 2. The molecule has 4 nitrogen and oxygen atoms in total. The second-order valence-corrected chi connectivity index (χ2v) is 5.58. The summed E-state index contributed by atoms with van der Waals surface area (Å²) in [5.74, 6) is -1.11. The number of methoxy groups -OCH3 is 1. The van der Waals surface area contributed by atoms with Gasteiger partial charge in [0.05, 0.1) is 5.92 Å². The third-order valence-corrected chi connectivity index (χ3v) is 3.81. The van der Waals surface area contributed by atoms with Crippen molar-refractivity contribution < 1.29 is 19.1 Å². The van der Waals surface area contributed by atoms with Crippen LogP contribution in [-0.2, 0) is 19.1 Å². The largest absolute Gasteiger partial charge is 0.458 e. The van der Waals surface area contributed by atoms with Crippen molar-refractivity contribution >= 4 is 11.6 Å². The van der Waals surface area contributed by atoms with Gasteiger partial charge >= 0.3 is 0 Å². The van der Waals surface area contributed by atoms with Gasteiger partial charge < -0.3 is 9.47 Å². The third kappa shape index (κ3) is 1.54. The van der Waals surface area contributed by atoms with Crippen LogP contribution in [0.25, 0.3) is 0 Å². The summed E-state index contributed by atoms with van der Waals surface area (Å²) in [5.41, 5.74) is 0.0522. The van der Waals surface area contributed by atoms with E-state index in [-0.39, 0.29) is 17.5 Å². The molecular weight excluding hydrogens is 220 g/mol. The van der Waals surface area contributed by atoms with Crippen LogP contribution in [0.5, 0.6) is 0 Å². The third-order valence-electron chi connectivity index (χ3n) is 3.81. The summed E-state index contributed by atoms with van der Waals surface area (Å²) in [5, 5.41) is 0. The van der Waals surface area contributed by atoms with Crippen molar-refractivity contribution in [2.45, 2.75) is 39.9 Å². The number of allylic oxidation sites excluding steroid dienone is 2. The Morgan fingerprint density at radius 3 is 2.41 bits per heavy atom. The zero-order chi connectivity index (χ0) is 13.0. The van der Waals surface area contributed by atoms with Crippen LogP contribution in [0.3, 0.4) is 0 Å². The monoisotopic (exact) mass is 238 g/mol. The van der Waals surface area contributed by atoms with Gasteiger partial charge in [0.1, 0.15) is 5.76 Å². The molecule has 1 fully saturated rings. The Morgan fingerprint density at radius 2 is 1.88 bits per heavy atom. The minimum absolute atomic E-state index is 0.0527. The molecular formula is C13H18O4. The maximum atomic E-state index is 12.2. The van der Waals surface area contributed by atoms with E-state index < -0.39 is 11.2 Å². The number of carbonyl (C=O) groups is 2. The minimum Gasteiger partial charge on any atom is -0.458 e. The lowest BCUT2D eigenvalue weighted by molar-refractivity contribution is -0.178. The molecule has 1 aliphatic heterocycles. The van der Waals surface area contributed by atoms with Crippen LogP contribution in [0.2, 0.25) is 0 Å². The lowest BCUT2D eigenvalue weighted by Crippen LogP contribution is -2.38. The highest BCUT2D eigenvalue weighted by Crippen LogP contribution is 2.47. The molecule has 2 rings (SSSR count). The quantitative estimate of drug-likeness (QED) is 0.699. The molecule has 0 radical (unpaired) electrons. The van der Waals surface area contributed by atoms with Crippen LogP contribution >= 0.6 is 0 Å². The van der Waals surface area contributed by atoms with Crippen LogP contribution in [0.1, 0.15) is 34.1 Å². The van der Waals surface area contributed by atoms with E-state index in [2.05, 4.69) is 0 Å². The molecule has 1 saturated heterocycles. The normalized spacial score (nSPS) is 35.9. The van der Waals surface area contributed by atoms with Crippen LogP contribution < -0.4 is 0 Å². The Hall–Kier alpha value is -1.16. The van der Waals surface area contributed by atoms with Gasteiger partial charge in [0.15, 0.2) is 5.78 Å². The van der Waals surface area contributed by atoms with E-state index in [9.17, 15) is 9.59 Å². The topological polar surface area (TPSA) is 52.6 Å². The minimum atomic E-state index is -1.23. The first-order valence-corrected chi connectivity index (χ1v) is 5.77. The van der Waals surface area contributed by atoms with Crippen LogP contribution in [0, 0.1) is 11.3 Å². The Labute approximate surface area is 101 Å². The fraction of sp³-hybridized carbons (Fsp3) is 0.692. The fourth-order valence-corrected chi connectivity index (χ4v) is 2.65. The van der Waals surface area contributed by atoms with Gasteiger partial charge in [-0.25, -0.2) is 0 Å². The number of Topliss-reactive ketones (excluding diaryl/α,β-unsaturated/α-hetero) is 2. The Kier molecular flexibility index (Phi) is 2.47. The molecule has 1 aliphatic carbocycles. The molecule has 0 aromatic heterocycles. The number of carbonyl (C=O) groups excluding carboxylic acids is 2. The molecule has 0 spiro atoms. The van der Waals surface area contributed by atoms with Gasteiger partial charge in [-0.15, -0.1) is 0 Å². The van der Waals surface area contributed by atoms with E-state index in [1.54, 1.807) is 13.8 Å². The lowest BCUT2D eigenvalue weighted by Gasteiger charge is -2.31.